The second-order valence-electron chi connectivity index (χ2n) is 4.18. The number of carboxylic acid groups (broad SMARTS) is 1. The molecule has 0 aromatic carbocycles. The average Bonchev–Trinajstić information content (AvgIpc) is 2.30. The van der Waals surface area contributed by atoms with Crippen molar-refractivity contribution in [3.63, 3.8) is 0 Å². The Kier molecular flexibility index (Phi) is 5.72. The summed E-state index contributed by atoms with van der Waals surface area (Å²) in [7, 11) is 0. The summed E-state index contributed by atoms with van der Waals surface area (Å²) >= 11 is 0. The van der Waals surface area contributed by atoms with Gasteiger partial charge in [0, 0.05) is 17.8 Å². The van der Waals surface area contributed by atoms with E-state index in [9.17, 15) is 9.59 Å². The predicted octanol–water partition coefficient (Wildman–Crippen LogP) is 0.533. The molecule has 0 aliphatic rings. The summed E-state index contributed by atoms with van der Waals surface area (Å²) in [6.07, 6.45) is 3.04. The Morgan fingerprint density at radius 3 is 2.89 bits per heavy atom. The summed E-state index contributed by atoms with van der Waals surface area (Å²) in [5, 5.41) is 11.1. The Balaban J connectivity index is 2.28. The van der Waals surface area contributed by atoms with Crippen LogP contribution in [0.5, 0.6) is 5.88 Å². The van der Waals surface area contributed by atoms with E-state index in [0.29, 0.717) is 5.88 Å². The Hall–Kier alpha value is -2.18. The molecule has 104 valence electrons. The molecule has 1 atom stereocenters. The van der Waals surface area contributed by atoms with Gasteiger partial charge in [0.2, 0.25) is 11.8 Å². The number of hydrogen-bond donors (Lipinski definition) is 2. The molecule has 1 rings (SSSR count). The topological polar surface area (TPSA) is 101 Å². The van der Waals surface area contributed by atoms with Crippen LogP contribution in [0.2, 0.25) is 0 Å². The normalized spacial score (nSPS) is 11.7. The van der Waals surface area contributed by atoms with Gasteiger partial charge in [0.25, 0.3) is 0 Å². The van der Waals surface area contributed by atoms with Crippen LogP contribution >= 0.6 is 0 Å². The number of carboxylic acids is 1. The van der Waals surface area contributed by atoms with E-state index in [0.717, 1.165) is 5.56 Å². The van der Waals surface area contributed by atoms with Crippen LogP contribution in [-0.4, -0.2) is 39.6 Å². The van der Waals surface area contributed by atoms with Crippen molar-refractivity contribution in [2.45, 2.75) is 32.7 Å². The van der Waals surface area contributed by atoms with Gasteiger partial charge in [-0.15, -0.1) is 0 Å². The van der Waals surface area contributed by atoms with Crippen molar-refractivity contribution >= 4 is 11.9 Å². The monoisotopic (exact) mass is 267 g/mol. The van der Waals surface area contributed by atoms with Gasteiger partial charge in [-0.3, -0.25) is 9.59 Å². The summed E-state index contributed by atoms with van der Waals surface area (Å²) in [6.45, 7) is 3.63. The van der Waals surface area contributed by atoms with Crippen molar-refractivity contribution in [2.75, 3.05) is 6.61 Å². The summed E-state index contributed by atoms with van der Waals surface area (Å²) < 4.78 is 5.34. The van der Waals surface area contributed by atoms with Crippen molar-refractivity contribution in [2.24, 2.45) is 0 Å². The van der Waals surface area contributed by atoms with Gasteiger partial charge in [0.15, 0.2) is 0 Å². The van der Waals surface area contributed by atoms with Crippen LogP contribution in [0, 0.1) is 6.92 Å². The number of aliphatic carboxylic acids is 1. The number of hydrogen-bond acceptors (Lipinski definition) is 5. The number of rotatable bonds is 7. The van der Waals surface area contributed by atoms with E-state index in [1.807, 2.05) is 6.92 Å². The van der Waals surface area contributed by atoms with Crippen LogP contribution in [-0.2, 0) is 9.59 Å². The number of nitrogens with zero attached hydrogens (tertiary/aromatic N) is 2. The lowest BCUT2D eigenvalue weighted by atomic mass is 10.2. The van der Waals surface area contributed by atoms with E-state index >= 15 is 0 Å². The van der Waals surface area contributed by atoms with Gasteiger partial charge < -0.3 is 15.2 Å². The van der Waals surface area contributed by atoms with Gasteiger partial charge in [0.1, 0.15) is 6.33 Å². The first-order chi connectivity index (χ1) is 8.99. The molecule has 1 heterocycles. The number of amides is 1. The van der Waals surface area contributed by atoms with E-state index in [1.54, 1.807) is 13.1 Å². The number of carbonyl (C=O) groups excluding carboxylic acids is 1. The summed E-state index contributed by atoms with van der Waals surface area (Å²) in [5.41, 5.74) is 0.794. The summed E-state index contributed by atoms with van der Waals surface area (Å²) in [5.74, 6) is -0.748. The van der Waals surface area contributed by atoms with Gasteiger partial charge in [-0.1, -0.05) is 0 Å². The molecule has 0 bridgehead atoms. The predicted molar refractivity (Wildman–Crippen MR) is 66.7 cm³/mol. The van der Waals surface area contributed by atoms with Crippen molar-refractivity contribution in [3.8, 4) is 5.88 Å². The first-order valence-electron chi connectivity index (χ1n) is 5.89. The number of carbonyl (C=O) groups is 2. The van der Waals surface area contributed by atoms with Crippen molar-refractivity contribution in [1.82, 2.24) is 15.3 Å². The Morgan fingerprint density at radius 2 is 2.26 bits per heavy atom. The number of nitrogens with one attached hydrogen (secondary N) is 1. The second-order valence-corrected chi connectivity index (χ2v) is 4.18. The zero-order valence-electron chi connectivity index (χ0n) is 10.9. The number of aryl methyl sites for hydroxylation is 1. The van der Waals surface area contributed by atoms with Crippen LogP contribution in [0.25, 0.3) is 0 Å². The lowest BCUT2D eigenvalue weighted by Gasteiger charge is -2.12. The molecule has 0 fully saturated rings. The van der Waals surface area contributed by atoms with Crippen LogP contribution in [0.15, 0.2) is 12.5 Å². The van der Waals surface area contributed by atoms with E-state index in [4.69, 9.17) is 9.84 Å². The molecule has 19 heavy (non-hydrogen) atoms. The molecule has 0 aliphatic heterocycles. The first-order valence-corrected chi connectivity index (χ1v) is 5.89. The molecule has 7 nitrogen and oxygen atoms in total. The molecule has 1 aromatic rings. The molecule has 0 saturated heterocycles. The van der Waals surface area contributed by atoms with Crippen LogP contribution in [0.4, 0.5) is 0 Å². The number of ether oxygens (including phenoxy) is 1. The molecular weight excluding hydrogens is 250 g/mol. The number of aromatic nitrogens is 2. The van der Waals surface area contributed by atoms with Crippen LogP contribution in [0.1, 0.15) is 25.3 Å². The zero-order chi connectivity index (χ0) is 14.3. The van der Waals surface area contributed by atoms with Gasteiger partial charge in [-0.25, -0.2) is 9.97 Å². The molecule has 0 radical (unpaired) electrons. The molecule has 1 unspecified atom stereocenters. The van der Waals surface area contributed by atoms with Gasteiger partial charge >= 0.3 is 5.97 Å². The highest BCUT2D eigenvalue weighted by molar-refractivity contribution is 5.77. The fraction of sp³-hybridized carbons (Fsp3) is 0.500. The first kappa shape index (κ1) is 14.9. The lowest BCUT2D eigenvalue weighted by molar-refractivity contribution is -0.137. The standard InChI is InChI=1S/C12H17N3O4/c1-8-6-13-7-14-12(8)19-4-3-10(16)15-9(2)5-11(17)18/h6-7,9H,3-5H2,1-2H3,(H,15,16)(H,17,18). The van der Waals surface area contributed by atoms with Crippen molar-refractivity contribution in [3.05, 3.63) is 18.1 Å². The maximum Gasteiger partial charge on any atom is 0.305 e. The molecule has 1 amide bonds. The third-order valence-electron chi connectivity index (χ3n) is 2.30. The largest absolute Gasteiger partial charge is 0.481 e. The van der Waals surface area contributed by atoms with Crippen LogP contribution in [0.3, 0.4) is 0 Å². The second kappa shape index (κ2) is 7.30. The van der Waals surface area contributed by atoms with Crippen molar-refractivity contribution in [1.29, 1.82) is 0 Å². The molecule has 1 aromatic heterocycles. The third kappa shape index (κ3) is 5.80. The molecule has 0 aliphatic carbocycles. The van der Waals surface area contributed by atoms with E-state index in [-0.39, 0.29) is 25.4 Å². The maximum absolute atomic E-state index is 11.5. The summed E-state index contributed by atoms with van der Waals surface area (Å²) in [6, 6.07) is -0.397. The highest BCUT2D eigenvalue weighted by atomic mass is 16.5. The SMILES string of the molecule is Cc1cncnc1OCCC(=O)NC(C)CC(=O)O. The van der Waals surface area contributed by atoms with Crippen molar-refractivity contribution < 1.29 is 19.4 Å². The molecular formula is C12H17N3O4. The molecule has 0 spiro atoms. The minimum Gasteiger partial charge on any atom is -0.481 e. The maximum atomic E-state index is 11.5. The van der Waals surface area contributed by atoms with Crippen LogP contribution < -0.4 is 10.1 Å². The average molecular weight is 267 g/mol. The fourth-order valence-electron chi connectivity index (χ4n) is 1.44. The van der Waals surface area contributed by atoms with E-state index < -0.39 is 12.0 Å². The Labute approximate surface area is 111 Å². The van der Waals surface area contributed by atoms with E-state index in [2.05, 4.69) is 15.3 Å². The fourth-order valence-corrected chi connectivity index (χ4v) is 1.44. The molecule has 2 N–H and O–H groups in total. The minimum absolute atomic E-state index is 0.0996. The highest BCUT2D eigenvalue weighted by Gasteiger charge is 2.11. The Bertz CT molecular complexity index is 450. The van der Waals surface area contributed by atoms with Gasteiger partial charge in [0.05, 0.1) is 19.4 Å². The van der Waals surface area contributed by atoms with Gasteiger partial charge in [-0.05, 0) is 13.8 Å². The summed E-state index contributed by atoms with van der Waals surface area (Å²) in [4.78, 5) is 29.7. The lowest BCUT2D eigenvalue weighted by Crippen LogP contribution is -2.34. The Morgan fingerprint density at radius 1 is 1.53 bits per heavy atom. The molecule has 0 saturated carbocycles. The minimum atomic E-state index is -0.944. The smallest absolute Gasteiger partial charge is 0.305 e. The molecule has 7 heteroatoms. The van der Waals surface area contributed by atoms with E-state index in [1.165, 1.54) is 6.33 Å². The van der Waals surface area contributed by atoms with Gasteiger partial charge in [-0.2, -0.15) is 0 Å². The third-order valence-corrected chi connectivity index (χ3v) is 2.30. The quantitative estimate of drug-likeness (QED) is 0.747. The highest BCUT2D eigenvalue weighted by Crippen LogP contribution is 2.10. The zero-order valence-corrected chi connectivity index (χ0v) is 10.9.